The molecule has 6 rings (SSSR count). The van der Waals surface area contributed by atoms with Crippen LogP contribution in [-0.4, -0.2) is 52.5 Å². The Morgan fingerprint density at radius 3 is 2.40 bits per heavy atom. The van der Waals surface area contributed by atoms with Crippen LogP contribution in [0.15, 0.2) is 120 Å². The number of thioether (sulfide) groups is 1. The SMILES string of the molecule is Cc1ccc(S(=O)(=O)N[C@H](Cc2ccccc2)C(=O)Nc2cccc([C@@H]3O[C@H](CSc4ncn[nH]4)[C@H](C)[C@H](c4ccc(CO)cc4)O3)c2)cc1. The Bertz CT molecular complexity index is 1960. The van der Waals surface area contributed by atoms with Crippen molar-refractivity contribution >= 4 is 33.4 Å². The quantitative estimate of drug-likeness (QED) is 0.112. The van der Waals surface area contributed by atoms with Crippen LogP contribution in [-0.2, 0) is 37.3 Å². The summed E-state index contributed by atoms with van der Waals surface area (Å²) in [4.78, 5) is 18.1. The maximum atomic E-state index is 13.8. The minimum Gasteiger partial charge on any atom is -0.392 e. The van der Waals surface area contributed by atoms with E-state index in [2.05, 4.69) is 32.1 Å². The lowest BCUT2D eigenvalue weighted by atomic mass is 9.91. The number of aromatic nitrogens is 3. The number of hydrogen-bond donors (Lipinski definition) is 4. The summed E-state index contributed by atoms with van der Waals surface area (Å²) in [5.74, 6) is 0.0361. The summed E-state index contributed by atoms with van der Waals surface area (Å²) in [5, 5.41) is 20.0. The Labute approximate surface area is 295 Å². The summed E-state index contributed by atoms with van der Waals surface area (Å²) in [6.45, 7) is 3.90. The van der Waals surface area contributed by atoms with Gasteiger partial charge in [-0.2, -0.15) is 9.82 Å². The Balaban J connectivity index is 1.23. The van der Waals surface area contributed by atoms with Gasteiger partial charge < -0.3 is 19.9 Å². The largest absolute Gasteiger partial charge is 0.392 e. The van der Waals surface area contributed by atoms with Crippen molar-refractivity contribution in [3.63, 3.8) is 0 Å². The van der Waals surface area contributed by atoms with Crippen LogP contribution in [0.3, 0.4) is 0 Å². The van der Waals surface area contributed by atoms with Crippen molar-refractivity contribution in [1.82, 2.24) is 19.9 Å². The Morgan fingerprint density at radius 1 is 0.940 bits per heavy atom. The highest BCUT2D eigenvalue weighted by Gasteiger charge is 2.38. The maximum Gasteiger partial charge on any atom is 0.242 e. The molecular formula is C37H39N5O6S2. The molecule has 1 aliphatic rings. The molecule has 0 aliphatic carbocycles. The number of ether oxygens (including phenoxy) is 2. The van der Waals surface area contributed by atoms with Gasteiger partial charge in [-0.3, -0.25) is 9.89 Å². The van der Waals surface area contributed by atoms with Gasteiger partial charge in [-0.05, 0) is 54.3 Å². The van der Waals surface area contributed by atoms with Crippen LogP contribution >= 0.6 is 11.8 Å². The fourth-order valence-corrected chi connectivity index (χ4v) is 7.88. The zero-order valence-electron chi connectivity index (χ0n) is 27.6. The van der Waals surface area contributed by atoms with Gasteiger partial charge >= 0.3 is 0 Å². The highest BCUT2D eigenvalue weighted by molar-refractivity contribution is 7.99. The van der Waals surface area contributed by atoms with E-state index in [1.807, 2.05) is 67.6 Å². The molecule has 5 atom stereocenters. The Morgan fingerprint density at radius 2 is 1.70 bits per heavy atom. The molecule has 0 unspecified atom stereocenters. The van der Waals surface area contributed by atoms with Gasteiger partial charge in [0.2, 0.25) is 15.9 Å². The average Bonchev–Trinajstić information content (AvgIpc) is 3.65. The second-order valence-electron chi connectivity index (χ2n) is 12.2. The molecule has 0 saturated carbocycles. The van der Waals surface area contributed by atoms with Crippen LogP contribution in [0.5, 0.6) is 0 Å². The molecular weight excluding hydrogens is 675 g/mol. The van der Waals surface area contributed by atoms with Gasteiger partial charge in [0.05, 0.1) is 23.7 Å². The summed E-state index contributed by atoms with van der Waals surface area (Å²) >= 11 is 1.50. The molecule has 5 aromatic rings. The number of aromatic amines is 1. The van der Waals surface area contributed by atoms with Crippen molar-refractivity contribution in [1.29, 1.82) is 0 Å². The van der Waals surface area contributed by atoms with Crippen molar-refractivity contribution < 1.29 is 27.8 Å². The van der Waals surface area contributed by atoms with Crippen LogP contribution in [0.1, 0.15) is 47.1 Å². The summed E-state index contributed by atoms with van der Waals surface area (Å²) in [6.07, 6.45) is 0.266. The first-order valence-corrected chi connectivity index (χ1v) is 18.7. The first-order chi connectivity index (χ1) is 24.2. The van der Waals surface area contributed by atoms with E-state index in [1.54, 1.807) is 30.3 Å². The van der Waals surface area contributed by atoms with Gasteiger partial charge in [0, 0.05) is 22.9 Å². The number of sulfonamides is 1. The van der Waals surface area contributed by atoms with E-state index in [9.17, 15) is 18.3 Å². The number of amides is 1. The molecule has 0 spiro atoms. The van der Waals surface area contributed by atoms with Gasteiger partial charge in [0.15, 0.2) is 11.4 Å². The molecule has 13 heteroatoms. The maximum absolute atomic E-state index is 13.8. The lowest BCUT2D eigenvalue weighted by Crippen LogP contribution is -2.45. The zero-order valence-corrected chi connectivity index (χ0v) is 29.2. The monoisotopic (exact) mass is 713 g/mol. The third-order valence-corrected chi connectivity index (χ3v) is 11.0. The highest BCUT2D eigenvalue weighted by atomic mass is 32.2. The molecule has 11 nitrogen and oxygen atoms in total. The third kappa shape index (κ3) is 8.85. The second-order valence-corrected chi connectivity index (χ2v) is 14.9. The first kappa shape index (κ1) is 35.5. The lowest BCUT2D eigenvalue weighted by Gasteiger charge is -2.41. The molecule has 2 heterocycles. The fourth-order valence-electron chi connectivity index (χ4n) is 5.74. The number of aliphatic hydroxyl groups is 1. The molecule has 0 radical (unpaired) electrons. The number of hydrogen-bond acceptors (Lipinski definition) is 9. The third-order valence-electron chi connectivity index (χ3n) is 8.55. The number of aliphatic hydroxyl groups excluding tert-OH is 1. The van der Waals surface area contributed by atoms with Crippen LogP contribution in [0.2, 0.25) is 0 Å². The zero-order chi connectivity index (χ0) is 35.1. The number of benzene rings is 4. The predicted molar refractivity (Wildman–Crippen MR) is 191 cm³/mol. The molecule has 1 aromatic heterocycles. The minimum absolute atomic E-state index is 0.0372. The summed E-state index contributed by atoms with van der Waals surface area (Å²) in [5.41, 5.74) is 4.62. The van der Waals surface area contributed by atoms with Crippen LogP contribution in [0.25, 0.3) is 0 Å². The molecule has 1 amide bonds. The highest BCUT2D eigenvalue weighted by Crippen LogP contribution is 2.43. The molecule has 4 N–H and O–H groups in total. The van der Waals surface area contributed by atoms with Gasteiger partial charge in [-0.25, -0.2) is 13.4 Å². The molecule has 1 aliphatic heterocycles. The molecule has 1 fully saturated rings. The minimum atomic E-state index is -4.01. The van der Waals surface area contributed by atoms with Crippen molar-refractivity contribution in [3.8, 4) is 0 Å². The van der Waals surface area contributed by atoms with Crippen LogP contribution < -0.4 is 10.0 Å². The van der Waals surface area contributed by atoms with Gasteiger partial charge in [0.1, 0.15) is 12.4 Å². The first-order valence-electron chi connectivity index (χ1n) is 16.2. The van der Waals surface area contributed by atoms with Crippen molar-refractivity contribution in [3.05, 3.63) is 137 Å². The summed E-state index contributed by atoms with van der Waals surface area (Å²) in [6, 6.07) is 29.5. The number of carbonyl (C=O) groups is 1. The number of rotatable bonds is 13. The van der Waals surface area contributed by atoms with Crippen molar-refractivity contribution in [2.75, 3.05) is 11.1 Å². The number of H-pyrrole nitrogens is 1. The normalized spacial score (nSPS) is 19.9. The summed E-state index contributed by atoms with van der Waals surface area (Å²) in [7, 11) is -4.01. The smallest absolute Gasteiger partial charge is 0.242 e. The molecule has 260 valence electrons. The van der Waals surface area contributed by atoms with Gasteiger partial charge in [-0.15, -0.1) is 0 Å². The van der Waals surface area contributed by atoms with Gasteiger partial charge in [0.25, 0.3) is 0 Å². The average molecular weight is 714 g/mol. The van der Waals surface area contributed by atoms with Gasteiger partial charge in [-0.1, -0.05) is 103 Å². The molecule has 4 aromatic carbocycles. The summed E-state index contributed by atoms with van der Waals surface area (Å²) < 4.78 is 42.5. The molecule has 50 heavy (non-hydrogen) atoms. The number of carbonyl (C=O) groups excluding carboxylic acids is 1. The fraction of sp³-hybridized carbons (Fsp3) is 0.270. The number of anilines is 1. The van der Waals surface area contributed by atoms with E-state index in [0.717, 1.165) is 22.3 Å². The van der Waals surface area contributed by atoms with E-state index in [1.165, 1.54) is 30.2 Å². The van der Waals surface area contributed by atoms with E-state index in [0.29, 0.717) is 22.2 Å². The predicted octanol–water partition coefficient (Wildman–Crippen LogP) is 5.72. The second kappa shape index (κ2) is 16.1. The van der Waals surface area contributed by atoms with E-state index in [4.69, 9.17) is 9.47 Å². The van der Waals surface area contributed by atoms with E-state index >= 15 is 0 Å². The number of nitrogens with one attached hydrogen (secondary N) is 3. The van der Waals surface area contributed by atoms with Crippen LogP contribution in [0.4, 0.5) is 5.69 Å². The van der Waals surface area contributed by atoms with Crippen LogP contribution in [0, 0.1) is 12.8 Å². The van der Waals surface area contributed by atoms with E-state index in [-0.39, 0.29) is 36.0 Å². The van der Waals surface area contributed by atoms with E-state index < -0.39 is 28.3 Å². The standard InChI is InChI=1S/C37H39N5O6S2/c1-24-11-17-31(18-12-24)50(45,46)42-32(19-26-7-4-3-5-8-26)35(44)40-30-10-6-9-29(20-30)36-47-33(22-49-37-38-23-39-41-37)25(2)34(48-36)28-15-13-27(21-43)14-16-28/h3-18,20,23,25,32-34,36,42-43H,19,21-22H2,1-2H3,(H,40,44)(H,38,39,41)/t25-,32+,33+,34+,36+/m0/s1. The van der Waals surface area contributed by atoms with Crippen molar-refractivity contribution in [2.45, 2.75) is 61.5 Å². The van der Waals surface area contributed by atoms with Crippen molar-refractivity contribution in [2.24, 2.45) is 5.92 Å². The molecule has 0 bridgehead atoms. The number of nitrogens with zero attached hydrogens (tertiary/aromatic N) is 2. The Hall–Kier alpha value is -4.37. The molecule has 1 saturated heterocycles. The number of aryl methyl sites for hydroxylation is 1. The topological polar surface area (TPSA) is 156 Å². The Kier molecular flexibility index (Phi) is 11.4. The lowest BCUT2D eigenvalue weighted by molar-refractivity contribution is -0.268.